The molecule has 2 unspecified atom stereocenters. The van der Waals surface area contributed by atoms with Crippen molar-refractivity contribution in [3.8, 4) is 0 Å². The third kappa shape index (κ3) is 9.58. The Hall–Kier alpha value is -1.95. The molecule has 3 heterocycles. The van der Waals surface area contributed by atoms with E-state index < -0.39 is 45.0 Å². The SMILES string of the molecule is CCCCCCCCCCCCCCCCO[C@H]1C(O[P+](=O)O)[C@@H](CO)O[C@H]1n1cnc2c(=O)[nH]c(N)nc21. The van der Waals surface area contributed by atoms with E-state index in [1.54, 1.807) is 0 Å². The lowest BCUT2D eigenvalue weighted by Gasteiger charge is -2.22. The molecule has 2 aromatic rings. The molecule has 3 rings (SSSR count). The maximum absolute atomic E-state index is 12.2. The Morgan fingerprint density at radius 3 is 2.18 bits per heavy atom. The molecule has 13 heteroatoms. The number of H-pyrrole nitrogens is 1. The molecule has 5 N–H and O–H groups in total. The quantitative estimate of drug-likeness (QED) is 0.131. The van der Waals surface area contributed by atoms with Crippen molar-refractivity contribution in [3.63, 3.8) is 0 Å². The fourth-order valence-corrected chi connectivity index (χ4v) is 5.60. The van der Waals surface area contributed by atoms with E-state index in [0.717, 1.165) is 19.3 Å². The van der Waals surface area contributed by atoms with Crippen LogP contribution in [0.3, 0.4) is 0 Å². The van der Waals surface area contributed by atoms with E-state index in [1.807, 2.05) is 0 Å². The van der Waals surface area contributed by atoms with Crippen molar-refractivity contribution in [2.24, 2.45) is 0 Å². The highest BCUT2D eigenvalue weighted by atomic mass is 31.1. The monoisotopic (exact) mass is 570 g/mol. The van der Waals surface area contributed by atoms with Gasteiger partial charge in [-0.25, -0.2) is 4.98 Å². The molecule has 39 heavy (non-hydrogen) atoms. The first-order valence-corrected chi connectivity index (χ1v) is 15.5. The molecular weight excluding hydrogens is 525 g/mol. The molecule has 0 aromatic carbocycles. The largest absolute Gasteiger partial charge is 0.695 e. The van der Waals surface area contributed by atoms with Crippen molar-refractivity contribution in [1.82, 2.24) is 19.5 Å². The lowest BCUT2D eigenvalue weighted by molar-refractivity contribution is -0.0705. The summed E-state index contributed by atoms with van der Waals surface area (Å²) in [7, 11) is -2.97. The number of aromatic amines is 1. The fourth-order valence-electron chi connectivity index (χ4n) is 5.13. The van der Waals surface area contributed by atoms with Gasteiger partial charge >= 0.3 is 8.25 Å². The molecule has 1 saturated heterocycles. The highest BCUT2D eigenvalue weighted by Crippen LogP contribution is 2.38. The molecule has 12 nitrogen and oxygen atoms in total. The van der Waals surface area contributed by atoms with Gasteiger partial charge in [0.2, 0.25) is 5.95 Å². The third-order valence-electron chi connectivity index (χ3n) is 7.21. The van der Waals surface area contributed by atoms with Gasteiger partial charge < -0.3 is 20.3 Å². The van der Waals surface area contributed by atoms with Gasteiger partial charge in [-0.15, -0.1) is 9.42 Å². The minimum Gasteiger partial charge on any atom is -0.394 e. The van der Waals surface area contributed by atoms with Crippen molar-refractivity contribution < 1.29 is 28.6 Å². The summed E-state index contributed by atoms with van der Waals surface area (Å²) in [4.78, 5) is 32.3. The average molecular weight is 571 g/mol. The highest BCUT2D eigenvalue weighted by molar-refractivity contribution is 7.32. The summed E-state index contributed by atoms with van der Waals surface area (Å²) in [6.45, 7) is 2.18. The minimum atomic E-state index is -2.97. The van der Waals surface area contributed by atoms with Crippen LogP contribution in [0.1, 0.15) is 103 Å². The number of nitrogen functional groups attached to an aromatic ring is 1. The Labute approximate surface area is 230 Å². The molecular formula is C26H45N5O7P+. The van der Waals surface area contributed by atoms with Gasteiger partial charge in [-0.1, -0.05) is 90.4 Å². The zero-order valence-electron chi connectivity index (χ0n) is 23.0. The maximum Gasteiger partial charge on any atom is 0.695 e. The topological polar surface area (TPSA) is 175 Å². The number of unbranched alkanes of at least 4 members (excludes halogenated alkanes) is 13. The second-order valence-corrected chi connectivity index (χ2v) is 10.9. The number of hydrogen-bond acceptors (Lipinski definition) is 9. The molecule has 220 valence electrons. The summed E-state index contributed by atoms with van der Waals surface area (Å²) in [5, 5.41) is 9.84. The fraction of sp³-hybridized carbons (Fsp3) is 0.808. The Bertz CT molecular complexity index is 1060. The van der Waals surface area contributed by atoms with E-state index in [0.29, 0.717) is 6.61 Å². The van der Waals surface area contributed by atoms with Crippen molar-refractivity contribution in [2.75, 3.05) is 18.9 Å². The Balaban J connectivity index is 1.45. The summed E-state index contributed by atoms with van der Waals surface area (Å²) in [6, 6.07) is 0. The molecule has 0 saturated carbocycles. The number of nitrogens with one attached hydrogen (secondary N) is 1. The van der Waals surface area contributed by atoms with Crippen molar-refractivity contribution >= 4 is 25.4 Å². The third-order valence-corrected chi connectivity index (χ3v) is 7.63. The van der Waals surface area contributed by atoms with Crippen molar-refractivity contribution in [1.29, 1.82) is 0 Å². The molecule has 1 aliphatic rings. The summed E-state index contributed by atoms with van der Waals surface area (Å²) < 4.78 is 30.2. The van der Waals surface area contributed by atoms with Gasteiger partial charge in [0.1, 0.15) is 12.2 Å². The molecule has 0 bridgehead atoms. The summed E-state index contributed by atoms with van der Waals surface area (Å²) >= 11 is 0. The van der Waals surface area contributed by atoms with E-state index in [4.69, 9.17) is 19.7 Å². The van der Waals surface area contributed by atoms with Gasteiger partial charge in [0.15, 0.2) is 23.5 Å². The zero-order valence-corrected chi connectivity index (χ0v) is 23.9. The molecule has 0 aliphatic carbocycles. The van der Waals surface area contributed by atoms with Crippen LogP contribution in [0.4, 0.5) is 5.95 Å². The van der Waals surface area contributed by atoms with Crippen LogP contribution in [-0.4, -0.2) is 61.0 Å². The zero-order chi connectivity index (χ0) is 28.0. The summed E-state index contributed by atoms with van der Waals surface area (Å²) in [6.07, 6.45) is 15.1. The first-order valence-electron chi connectivity index (χ1n) is 14.4. The minimum absolute atomic E-state index is 0.0664. The van der Waals surface area contributed by atoms with Crippen LogP contribution >= 0.6 is 8.25 Å². The molecule has 1 fully saturated rings. The van der Waals surface area contributed by atoms with Crippen LogP contribution in [0.5, 0.6) is 0 Å². The Morgan fingerprint density at radius 1 is 1.03 bits per heavy atom. The summed E-state index contributed by atoms with van der Waals surface area (Å²) in [5.74, 6) is -0.0860. The van der Waals surface area contributed by atoms with Gasteiger partial charge in [-0.2, -0.15) is 4.98 Å². The number of ether oxygens (including phenoxy) is 2. The normalized spacial score (nSPS) is 21.7. The van der Waals surface area contributed by atoms with Crippen LogP contribution in [0.25, 0.3) is 11.2 Å². The number of fused-ring (bicyclic) bond motifs is 1. The van der Waals surface area contributed by atoms with Crippen LogP contribution in [-0.2, 0) is 18.6 Å². The lowest BCUT2D eigenvalue weighted by Crippen LogP contribution is -2.37. The predicted octanol–water partition coefficient (Wildman–Crippen LogP) is 4.49. The number of aliphatic hydroxyl groups excluding tert-OH is 1. The molecule has 0 spiro atoms. The van der Waals surface area contributed by atoms with Gasteiger partial charge in [-0.3, -0.25) is 14.3 Å². The number of nitrogens with zero attached hydrogens (tertiary/aromatic N) is 3. The van der Waals surface area contributed by atoms with E-state index in [9.17, 15) is 19.4 Å². The van der Waals surface area contributed by atoms with Crippen LogP contribution < -0.4 is 11.3 Å². The van der Waals surface area contributed by atoms with Crippen LogP contribution in [0.2, 0.25) is 0 Å². The average Bonchev–Trinajstić information content (AvgIpc) is 3.47. The number of anilines is 1. The van der Waals surface area contributed by atoms with E-state index >= 15 is 0 Å². The number of hydrogen-bond donors (Lipinski definition) is 4. The molecule has 0 radical (unpaired) electrons. The number of rotatable bonds is 20. The van der Waals surface area contributed by atoms with Gasteiger partial charge in [0.25, 0.3) is 5.56 Å². The van der Waals surface area contributed by atoms with E-state index in [1.165, 1.54) is 81.5 Å². The van der Waals surface area contributed by atoms with E-state index in [2.05, 4.69) is 21.9 Å². The Kier molecular flexibility index (Phi) is 13.8. The number of aromatic nitrogens is 4. The maximum atomic E-state index is 12.2. The summed E-state index contributed by atoms with van der Waals surface area (Å²) in [5.41, 5.74) is 5.46. The lowest BCUT2D eigenvalue weighted by atomic mass is 10.0. The van der Waals surface area contributed by atoms with Gasteiger partial charge in [0.05, 0.1) is 12.9 Å². The first kappa shape index (κ1) is 31.6. The van der Waals surface area contributed by atoms with Crippen LogP contribution in [0.15, 0.2) is 11.1 Å². The number of nitrogens with two attached hydrogens (primary N) is 1. The number of aliphatic hydroxyl groups is 1. The predicted molar refractivity (Wildman–Crippen MR) is 148 cm³/mol. The highest BCUT2D eigenvalue weighted by Gasteiger charge is 2.51. The van der Waals surface area contributed by atoms with Crippen molar-refractivity contribution in [3.05, 3.63) is 16.7 Å². The first-order chi connectivity index (χ1) is 19.0. The van der Waals surface area contributed by atoms with Crippen molar-refractivity contribution in [2.45, 2.75) is 121 Å². The Morgan fingerprint density at radius 2 is 1.62 bits per heavy atom. The number of imidazole rings is 1. The molecule has 0 amide bonds. The molecule has 1 aliphatic heterocycles. The van der Waals surface area contributed by atoms with E-state index in [-0.39, 0.29) is 17.1 Å². The molecule has 2 aromatic heterocycles. The van der Waals surface area contributed by atoms with Crippen LogP contribution in [0, 0.1) is 0 Å². The molecule has 5 atom stereocenters. The second kappa shape index (κ2) is 17.0. The smallest absolute Gasteiger partial charge is 0.394 e. The van der Waals surface area contributed by atoms with Gasteiger partial charge in [-0.05, 0) is 6.42 Å². The standard InChI is InChI=1S/C26H44N5O7P/c1-2-3-4-5-6-7-8-9-10-11-12-13-14-15-16-36-22-21(38-39(34)35)19(17-32)37-25(22)31-18-28-20-23(31)29-26(27)30-24(20)33/h18-19,21-22,25,32H,2-17H2,1H3,(H3-,27,29,30,33,34,35)/p+1/t19-,21?,22+,25-/m1/s1. The second-order valence-electron chi connectivity index (χ2n) is 10.3. The van der Waals surface area contributed by atoms with Gasteiger partial charge in [0, 0.05) is 11.2 Å².